The number of halogens is 1. The fourth-order valence-corrected chi connectivity index (χ4v) is 0. The smallest absolute Gasteiger partial charge is 0.652 e. The predicted molar refractivity (Wildman–Crippen MR) is 27.0 cm³/mol. The monoisotopic (exact) mass is 155 g/mol. The molecular formula is CH6ClMgNO4. The molecule has 0 aromatic heterocycles. The number of carboxylic acid groups (broad SMARTS) is 2. The van der Waals surface area contributed by atoms with Crippen molar-refractivity contribution in [1.29, 1.82) is 0 Å². The van der Waals surface area contributed by atoms with Crippen molar-refractivity contribution >= 4 is 41.6 Å². The number of hydrogen-bond acceptors (Lipinski definition) is 4. The van der Waals surface area contributed by atoms with Crippen LogP contribution >= 0.6 is 12.4 Å². The molecule has 5 nitrogen and oxygen atoms in total. The summed E-state index contributed by atoms with van der Waals surface area (Å²) in [6, 6.07) is 0. The van der Waals surface area contributed by atoms with E-state index in [0.29, 0.717) is 0 Å². The summed E-state index contributed by atoms with van der Waals surface area (Å²) in [5.41, 5.74) is 0. The van der Waals surface area contributed by atoms with Crippen LogP contribution in [0.15, 0.2) is 0 Å². The van der Waals surface area contributed by atoms with Crippen molar-refractivity contribution in [3.8, 4) is 0 Å². The molecule has 48 valence electrons. The van der Waals surface area contributed by atoms with Gasteiger partial charge in [0.05, 0.1) is 0 Å². The van der Waals surface area contributed by atoms with Gasteiger partial charge in [-0.15, -0.1) is 12.4 Å². The summed E-state index contributed by atoms with van der Waals surface area (Å²) in [6.07, 6.45) is -2.33. The Morgan fingerprint density at radius 2 is 1.25 bits per heavy atom. The van der Waals surface area contributed by atoms with E-state index < -0.39 is 6.16 Å². The second kappa shape index (κ2) is 26.8. The molecule has 0 aromatic carbocycles. The van der Waals surface area contributed by atoms with Crippen LogP contribution in [0.25, 0.3) is 0 Å². The van der Waals surface area contributed by atoms with E-state index in [9.17, 15) is 0 Å². The first-order valence-electron chi connectivity index (χ1n) is 0.612. The third kappa shape index (κ3) is 2840. The van der Waals surface area contributed by atoms with E-state index in [1.807, 2.05) is 0 Å². The number of carbonyl (C=O) groups excluding carboxylic acids is 1. The second-order valence-electron chi connectivity index (χ2n) is 0.250. The molecular weight excluding hydrogens is 150 g/mol. The maximum atomic E-state index is 8.33. The van der Waals surface area contributed by atoms with Gasteiger partial charge in [-0.25, -0.2) is 0 Å². The van der Waals surface area contributed by atoms with Gasteiger partial charge in [0.2, 0.25) is 0 Å². The molecule has 0 bridgehead atoms. The largest absolute Gasteiger partial charge is 2.00 e. The third-order valence-electron chi connectivity index (χ3n) is 0. The molecule has 7 heteroatoms. The van der Waals surface area contributed by atoms with Gasteiger partial charge in [-0.05, 0) is 6.16 Å². The second-order valence-corrected chi connectivity index (χ2v) is 0.250. The van der Waals surface area contributed by atoms with E-state index >= 15 is 0 Å². The normalized spacial score (nSPS) is 3.00. The molecule has 5 N–H and O–H groups in total. The van der Waals surface area contributed by atoms with Crippen molar-refractivity contribution in [3.05, 3.63) is 0 Å². The van der Waals surface area contributed by atoms with Crippen molar-refractivity contribution in [1.82, 2.24) is 6.15 Å². The Morgan fingerprint density at radius 1 is 1.25 bits per heavy atom. The third-order valence-corrected chi connectivity index (χ3v) is 0. The van der Waals surface area contributed by atoms with Gasteiger partial charge in [0.15, 0.2) is 0 Å². The zero-order chi connectivity index (χ0) is 3.58. The van der Waals surface area contributed by atoms with Crippen LogP contribution < -0.4 is 16.4 Å². The Hall–Kier alpha value is 0.246. The number of rotatable bonds is 0. The molecule has 0 fully saturated rings. The maximum Gasteiger partial charge on any atom is 2.00 e. The summed E-state index contributed by atoms with van der Waals surface area (Å²) in [4.78, 5) is 8.33. The van der Waals surface area contributed by atoms with Crippen molar-refractivity contribution in [2.75, 3.05) is 0 Å². The zero-order valence-corrected chi connectivity index (χ0v) is 6.28. The van der Waals surface area contributed by atoms with E-state index in [-0.39, 0.29) is 47.1 Å². The molecule has 0 aliphatic heterocycles. The van der Waals surface area contributed by atoms with Crippen molar-refractivity contribution in [3.63, 3.8) is 0 Å². The molecule has 0 atom stereocenters. The summed E-state index contributed by atoms with van der Waals surface area (Å²) in [5, 5.41) is 16.7. The molecule has 0 aliphatic rings. The van der Waals surface area contributed by atoms with E-state index in [1.165, 1.54) is 0 Å². The molecule has 0 heterocycles. The van der Waals surface area contributed by atoms with E-state index in [2.05, 4.69) is 0 Å². The van der Waals surface area contributed by atoms with Crippen LogP contribution in [0, 0.1) is 0 Å². The first kappa shape index (κ1) is 41.1. The van der Waals surface area contributed by atoms with E-state index in [1.54, 1.807) is 0 Å². The van der Waals surface area contributed by atoms with Crippen LogP contribution in [-0.4, -0.2) is 34.7 Å². The molecule has 0 spiro atoms. The maximum absolute atomic E-state index is 8.33. The van der Waals surface area contributed by atoms with Gasteiger partial charge in [0, 0.05) is 0 Å². The predicted octanol–water partition coefficient (Wildman–Crippen LogP) is -3.07. The Bertz CT molecular complexity index is 39.0. The van der Waals surface area contributed by atoms with Crippen LogP contribution in [-0.2, 0) is 0 Å². The molecule has 0 aromatic rings. The van der Waals surface area contributed by atoms with E-state index in [4.69, 9.17) is 15.0 Å². The van der Waals surface area contributed by atoms with Gasteiger partial charge >= 0.3 is 23.1 Å². The van der Waals surface area contributed by atoms with Crippen LogP contribution in [0.1, 0.15) is 0 Å². The average molecular weight is 156 g/mol. The molecule has 0 saturated carbocycles. The van der Waals surface area contributed by atoms with E-state index in [0.717, 1.165) is 0 Å². The van der Waals surface area contributed by atoms with Crippen LogP contribution in [0.3, 0.4) is 0 Å². The standard InChI is InChI=1S/CH2O3.ClH.Mg.H3N.H2O/c2-1(3)4;;;;/h(H2,2,3,4);1H;;1H3;1H2/q;;+2;;/p-2. The first-order valence-corrected chi connectivity index (χ1v) is 0.612. The average Bonchev–Trinajstić information content (AvgIpc) is 0.811. The van der Waals surface area contributed by atoms with Gasteiger partial charge in [-0.3, -0.25) is 0 Å². The Morgan fingerprint density at radius 3 is 1.25 bits per heavy atom. The topological polar surface area (TPSA) is 130 Å². The van der Waals surface area contributed by atoms with Crippen LogP contribution in [0.4, 0.5) is 4.79 Å². The minimum absolute atomic E-state index is 0. The molecule has 0 radical (unpaired) electrons. The summed E-state index contributed by atoms with van der Waals surface area (Å²) < 4.78 is 0. The molecule has 0 aliphatic carbocycles. The Kier molecular flexibility index (Phi) is 138. The van der Waals surface area contributed by atoms with Crippen LogP contribution in [0.5, 0.6) is 0 Å². The molecule has 0 unspecified atom stereocenters. The molecule has 0 saturated heterocycles. The quantitative estimate of drug-likeness (QED) is 0.372. The molecule has 0 amide bonds. The van der Waals surface area contributed by atoms with Crippen molar-refractivity contribution in [2.45, 2.75) is 0 Å². The number of hydrogen-bond donors (Lipinski definition) is 1. The Labute approximate surface area is 68.5 Å². The molecule has 8 heavy (non-hydrogen) atoms. The molecule has 0 rings (SSSR count). The van der Waals surface area contributed by atoms with Crippen molar-refractivity contribution < 1.29 is 20.5 Å². The SMILES string of the molecule is Cl.N.O.O=C([O-])[O-].[Mg+2]. The van der Waals surface area contributed by atoms with Gasteiger partial charge in [-0.2, -0.15) is 0 Å². The van der Waals surface area contributed by atoms with Crippen molar-refractivity contribution in [2.24, 2.45) is 0 Å². The summed E-state index contributed by atoms with van der Waals surface area (Å²) in [5.74, 6) is 0. The zero-order valence-electron chi connectivity index (χ0n) is 4.05. The first-order chi connectivity index (χ1) is 1.73. The van der Waals surface area contributed by atoms with Crippen LogP contribution in [0.2, 0.25) is 0 Å². The minimum Gasteiger partial charge on any atom is -0.652 e. The van der Waals surface area contributed by atoms with Gasteiger partial charge in [0.1, 0.15) is 0 Å². The summed E-state index contributed by atoms with van der Waals surface area (Å²) >= 11 is 0. The van der Waals surface area contributed by atoms with Gasteiger partial charge in [0.25, 0.3) is 0 Å². The summed E-state index contributed by atoms with van der Waals surface area (Å²) in [6.45, 7) is 0. The fraction of sp³-hybridized carbons (Fsp3) is 0. The van der Waals surface area contributed by atoms with Gasteiger partial charge < -0.3 is 26.6 Å². The van der Waals surface area contributed by atoms with Gasteiger partial charge in [-0.1, -0.05) is 0 Å². The Balaban J connectivity index is -0.00000000750. The summed E-state index contributed by atoms with van der Waals surface area (Å²) in [7, 11) is 0. The fourth-order valence-electron chi connectivity index (χ4n) is 0. The minimum atomic E-state index is -2.33. The number of carbonyl (C=O) groups is 1.